The molecule has 0 bridgehead atoms. The molecule has 3 unspecified atom stereocenters. The molecule has 0 amide bonds. The summed E-state index contributed by atoms with van der Waals surface area (Å²) in [5.41, 5.74) is 1.02. The normalized spacial score (nSPS) is 43.1. The monoisotopic (exact) mass is 360 g/mol. The molecule has 3 fully saturated rings. The Labute approximate surface area is 154 Å². The standard InChI is InChI=1S/C21H28O3S/c1-20-9-8-17-15(16(20)5-6-18(20)23)4-3-13-11-14(22)7-10-21(13,17)12-19(24)25-2/h11,15-17H,3-10,12H2,1-2H3/t15?,16?,17?,20-,21+/m0/s1. The molecule has 0 heterocycles. The lowest BCUT2D eigenvalue weighted by Gasteiger charge is -2.57. The minimum absolute atomic E-state index is 0.107. The number of rotatable bonds is 2. The molecule has 4 aliphatic carbocycles. The van der Waals surface area contributed by atoms with Crippen molar-refractivity contribution in [1.29, 1.82) is 0 Å². The number of hydrogen-bond donors (Lipinski definition) is 0. The van der Waals surface area contributed by atoms with E-state index >= 15 is 0 Å². The second-order valence-corrected chi connectivity index (χ2v) is 9.74. The van der Waals surface area contributed by atoms with E-state index < -0.39 is 0 Å². The Morgan fingerprint density at radius 3 is 2.68 bits per heavy atom. The molecule has 136 valence electrons. The van der Waals surface area contributed by atoms with Crippen LogP contribution in [0.4, 0.5) is 0 Å². The largest absolute Gasteiger partial charge is 0.299 e. The summed E-state index contributed by atoms with van der Waals surface area (Å²) in [6.07, 6.45) is 11.5. The molecule has 4 heteroatoms. The Balaban J connectivity index is 1.73. The van der Waals surface area contributed by atoms with Crippen LogP contribution in [-0.4, -0.2) is 22.9 Å². The van der Waals surface area contributed by atoms with E-state index in [1.54, 1.807) is 0 Å². The molecule has 0 aromatic carbocycles. The maximum absolute atomic E-state index is 12.5. The number of carbonyl (C=O) groups excluding carboxylic acids is 3. The van der Waals surface area contributed by atoms with Crippen molar-refractivity contribution in [3.05, 3.63) is 11.6 Å². The third-order valence-corrected chi connectivity index (χ3v) is 8.68. The Hall–Kier alpha value is -0.900. The predicted octanol–water partition coefficient (Wildman–Crippen LogP) is 4.35. The molecule has 0 saturated heterocycles. The summed E-state index contributed by atoms with van der Waals surface area (Å²) >= 11 is 1.32. The first kappa shape index (κ1) is 17.5. The Morgan fingerprint density at radius 2 is 1.92 bits per heavy atom. The molecule has 0 aliphatic heterocycles. The lowest BCUT2D eigenvalue weighted by molar-refractivity contribution is -0.134. The molecule has 5 atom stereocenters. The SMILES string of the molecule is CSC(=O)C[C@]12CCC(=O)C=C1CCC1C2CC[C@]2(C)C(=O)CCC12. The number of allylic oxidation sites excluding steroid dienone is 1. The molecule has 0 aromatic heterocycles. The van der Waals surface area contributed by atoms with Crippen LogP contribution < -0.4 is 0 Å². The molecule has 0 aromatic rings. The minimum atomic E-state index is -0.127. The number of carbonyl (C=O) groups is 3. The van der Waals surface area contributed by atoms with Crippen LogP contribution in [0.25, 0.3) is 0 Å². The van der Waals surface area contributed by atoms with Gasteiger partial charge in [0, 0.05) is 30.1 Å². The number of fused-ring (bicyclic) bond motifs is 5. The summed E-state index contributed by atoms with van der Waals surface area (Å²) in [5.74, 6) is 2.20. The van der Waals surface area contributed by atoms with E-state index in [4.69, 9.17) is 0 Å². The topological polar surface area (TPSA) is 51.2 Å². The molecular weight excluding hydrogens is 332 g/mol. The van der Waals surface area contributed by atoms with Crippen LogP contribution in [0.5, 0.6) is 0 Å². The quantitative estimate of drug-likeness (QED) is 0.735. The summed E-state index contributed by atoms with van der Waals surface area (Å²) in [7, 11) is 0. The van der Waals surface area contributed by atoms with Crippen LogP contribution in [0.3, 0.4) is 0 Å². The van der Waals surface area contributed by atoms with E-state index in [1.807, 2.05) is 12.3 Å². The van der Waals surface area contributed by atoms with Gasteiger partial charge in [-0.05, 0) is 68.6 Å². The van der Waals surface area contributed by atoms with Crippen molar-refractivity contribution in [2.45, 2.75) is 64.7 Å². The summed E-state index contributed by atoms with van der Waals surface area (Å²) in [6, 6.07) is 0. The molecule has 4 aliphatic rings. The first-order chi connectivity index (χ1) is 11.9. The minimum Gasteiger partial charge on any atom is -0.299 e. The fourth-order valence-electron chi connectivity index (χ4n) is 6.79. The summed E-state index contributed by atoms with van der Waals surface area (Å²) in [5, 5.41) is 0.247. The molecule has 0 spiro atoms. The van der Waals surface area contributed by atoms with Gasteiger partial charge < -0.3 is 0 Å². The van der Waals surface area contributed by atoms with E-state index in [1.165, 1.54) is 17.3 Å². The number of hydrogen-bond acceptors (Lipinski definition) is 4. The fraction of sp³-hybridized carbons (Fsp3) is 0.762. The molecule has 4 rings (SSSR count). The molecule has 25 heavy (non-hydrogen) atoms. The van der Waals surface area contributed by atoms with Gasteiger partial charge in [0.25, 0.3) is 0 Å². The van der Waals surface area contributed by atoms with Gasteiger partial charge >= 0.3 is 0 Å². The fourth-order valence-corrected chi connectivity index (χ4v) is 7.20. The number of ketones is 2. The van der Waals surface area contributed by atoms with E-state index in [9.17, 15) is 14.4 Å². The van der Waals surface area contributed by atoms with Crippen molar-refractivity contribution in [1.82, 2.24) is 0 Å². The highest BCUT2D eigenvalue weighted by Gasteiger charge is 2.60. The lowest BCUT2D eigenvalue weighted by Crippen LogP contribution is -2.52. The predicted molar refractivity (Wildman–Crippen MR) is 99.2 cm³/mol. The Bertz CT molecular complexity index is 666. The average Bonchev–Trinajstić information content (AvgIpc) is 2.90. The van der Waals surface area contributed by atoms with Crippen molar-refractivity contribution < 1.29 is 14.4 Å². The van der Waals surface area contributed by atoms with Crippen molar-refractivity contribution >= 4 is 28.4 Å². The van der Waals surface area contributed by atoms with Crippen LogP contribution in [0.2, 0.25) is 0 Å². The highest BCUT2D eigenvalue weighted by atomic mass is 32.2. The molecule has 0 radical (unpaired) electrons. The lowest BCUT2D eigenvalue weighted by atomic mass is 9.46. The Kier molecular flexibility index (Phi) is 4.25. The Morgan fingerprint density at radius 1 is 1.12 bits per heavy atom. The first-order valence-electron chi connectivity index (χ1n) is 9.75. The van der Waals surface area contributed by atoms with Gasteiger partial charge in [0.05, 0.1) is 0 Å². The number of thioether (sulfide) groups is 1. The molecule has 3 saturated carbocycles. The summed E-state index contributed by atoms with van der Waals surface area (Å²) in [6.45, 7) is 2.19. The molecular formula is C21H28O3S. The zero-order valence-corrected chi connectivity index (χ0v) is 16.1. The van der Waals surface area contributed by atoms with Crippen molar-refractivity contribution in [3.8, 4) is 0 Å². The van der Waals surface area contributed by atoms with Gasteiger partial charge in [-0.1, -0.05) is 24.3 Å². The van der Waals surface area contributed by atoms with E-state index in [2.05, 4.69) is 6.92 Å². The van der Waals surface area contributed by atoms with E-state index in [0.29, 0.717) is 36.4 Å². The van der Waals surface area contributed by atoms with Gasteiger partial charge in [0.1, 0.15) is 5.78 Å². The van der Waals surface area contributed by atoms with Crippen LogP contribution in [0, 0.1) is 28.6 Å². The van der Waals surface area contributed by atoms with Gasteiger partial charge in [0.15, 0.2) is 10.9 Å². The first-order valence-corrected chi connectivity index (χ1v) is 11.0. The zero-order valence-electron chi connectivity index (χ0n) is 15.3. The highest BCUT2D eigenvalue weighted by molar-refractivity contribution is 8.13. The van der Waals surface area contributed by atoms with Gasteiger partial charge in [-0.15, -0.1) is 0 Å². The van der Waals surface area contributed by atoms with E-state index in [-0.39, 0.29) is 21.7 Å². The number of Topliss-reactive ketones (excluding diaryl/α,β-unsaturated/α-hetero) is 1. The second kappa shape index (κ2) is 6.07. The third-order valence-electron chi connectivity index (χ3n) is 8.08. The van der Waals surface area contributed by atoms with Crippen LogP contribution in [0.1, 0.15) is 64.7 Å². The summed E-state index contributed by atoms with van der Waals surface area (Å²) in [4.78, 5) is 37.0. The smallest absolute Gasteiger partial charge is 0.189 e. The van der Waals surface area contributed by atoms with Crippen molar-refractivity contribution in [3.63, 3.8) is 0 Å². The molecule has 3 nitrogen and oxygen atoms in total. The van der Waals surface area contributed by atoms with Gasteiger partial charge in [-0.3, -0.25) is 14.4 Å². The third kappa shape index (κ3) is 2.50. The average molecular weight is 361 g/mol. The van der Waals surface area contributed by atoms with Gasteiger partial charge in [-0.2, -0.15) is 0 Å². The zero-order chi connectivity index (χ0) is 17.8. The van der Waals surface area contributed by atoms with Crippen molar-refractivity contribution in [2.75, 3.05) is 6.26 Å². The van der Waals surface area contributed by atoms with Crippen LogP contribution in [-0.2, 0) is 14.4 Å². The van der Waals surface area contributed by atoms with Gasteiger partial charge in [0.2, 0.25) is 0 Å². The van der Waals surface area contributed by atoms with Crippen molar-refractivity contribution in [2.24, 2.45) is 28.6 Å². The van der Waals surface area contributed by atoms with Crippen LogP contribution >= 0.6 is 11.8 Å². The highest BCUT2D eigenvalue weighted by Crippen LogP contribution is 2.65. The molecule has 0 N–H and O–H groups in total. The van der Waals surface area contributed by atoms with Crippen LogP contribution in [0.15, 0.2) is 11.6 Å². The second-order valence-electron chi connectivity index (χ2n) is 8.88. The maximum Gasteiger partial charge on any atom is 0.189 e. The van der Waals surface area contributed by atoms with E-state index in [0.717, 1.165) is 44.9 Å². The van der Waals surface area contributed by atoms with Gasteiger partial charge in [-0.25, -0.2) is 0 Å². The maximum atomic E-state index is 12.5. The summed E-state index contributed by atoms with van der Waals surface area (Å²) < 4.78 is 0.